The van der Waals surface area contributed by atoms with Gasteiger partial charge in [0, 0.05) is 19.8 Å². The average Bonchev–Trinajstić information content (AvgIpc) is 2.98. The second-order valence-corrected chi connectivity index (χ2v) is 8.37. The molecule has 0 spiro atoms. The highest BCUT2D eigenvalue weighted by Gasteiger charge is 2.46. The summed E-state index contributed by atoms with van der Waals surface area (Å²) in [4.78, 5) is 4.96. The minimum absolute atomic E-state index is 0.687. The van der Waals surface area contributed by atoms with Crippen LogP contribution in [0, 0.1) is 7.14 Å². The van der Waals surface area contributed by atoms with Crippen LogP contribution < -0.4 is 0 Å². The summed E-state index contributed by atoms with van der Waals surface area (Å²) >= 11 is 4.65. The lowest BCUT2D eigenvalue weighted by molar-refractivity contribution is 0.0868. The van der Waals surface area contributed by atoms with Gasteiger partial charge in [0.2, 0.25) is 0 Å². The highest BCUT2D eigenvalue weighted by atomic mass is 127. The molecular weight excluding hydrogens is 536 g/mol. The van der Waals surface area contributed by atoms with Crippen molar-refractivity contribution >= 4 is 56.6 Å². The van der Waals surface area contributed by atoms with Gasteiger partial charge in [-0.15, -0.1) is 0 Å². The highest BCUT2D eigenvalue weighted by Crippen LogP contribution is 2.47. The molecule has 0 bridgehead atoms. The normalized spacial score (nSPS) is 18.8. The summed E-state index contributed by atoms with van der Waals surface area (Å²) in [6, 6.07) is 25.2. The van der Waals surface area contributed by atoms with E-state index in [0.29, 0.717) is 0 Å². The summed E-state index contributed by atoms with van der Waals surface area (Å²) in [7, 11) is 1.77. The van der Waals surface area contributed by atoms with E-state index < -0.39 is 5.60 Å². The number of nitrogens with zero attached hydrogens (tertiary/aromatic N) is 1. The van der Waals surface area contributed by atoms with Gasteiger partial charge in [0.15, 0.2) is 5.60 Å². The molecule has 1 aliphatic rings. The number of hydrogen-bond donors (Lipinski definition) is 0. The largest absolute Gasteiger partial charge is 0.362 e. The fourth-order valence-corrected chi connectivity index (χ4v) is 4.09. The average molecular weight is 551 g/mol. The first-order chi connectivity index (χ1) is 12.1. The van der Waals surface area contributed by atoms with E-state index in [1.807, 2.05) is 12.1 Å². The quantitative estimate of drug-likeness (QED) is 0.371. The van der Waals surface area contributed by atoms with Crippen molar-refractivity contribution in [2.24, 2.45) is 4.99 Å². The molecule has 3 aromatic carbocycles. The summed E-state index contributed by atoms with van der Waals surface area (Å²) in [6.07, 6.45) is 0. The molecule has 3 aromatic rings. The molecule has 0 aliphatic carbocycles. The number of halogens is 2. The molecule has 4 heteroatoms. The molecule has 0 fully saturated rings. The Hall–Kier alpha value is -1.25. The van der Waals surface area contributed by atoms with Gasteiger partial charge in [-0.3, -0.25) is 0 Å². The Labute approximate surface area is 174 Å². The minimum atomic E-state index is -0.687. The van der Waals surface area contributed by atoms with Crippen LogP contribution in [0.3, 0.4) is 0 Å². The van der Waals surface area contributed by atoms with Crippen molar-refractivity contribution in [2.45, 2.75) is 5.60 Å². The second-order valence-electron chi connectivity index (χ2n) is 5.88. The maximum atomic E-state index is 6.21. The Morgan fingerprint density at radius 3 is 2.04 bits per heavy atom. The van der Waals surface area contributed by atoms with E-state index in [-0.39, 0.29) is 0 Å². The highest BCUT2D eigenvalue weighted by molar-refractivity contribution is 14.1. The van der Waals surface area contributed by atoms with Gasteiger partial charge in [-0.05, 0) is 86.6 Å². The Kier molecular flexibility index (Phi) is 4.68. The van der Waals surface area contributed by atoms with Crippen molar-refractivity contribution in [3.05, 3.63) is 96.6 Å². The summed E-state index contributed by atoms with van der Waals surface area (Å²) in [5.74, 6) is 0. The molecule has 0 N–H and O–H groups in total. The maximum Gasteiger partial charge on any atom is 0.162 e. The predicted octanol–water partition coefficient (Wildman–Crippen LogP) is 5.92. The van der Waals surface area contributed by atoms with Crippen LogP contribution in [-0.4, -0.2) is 12.8 Å². The maximum absolute atomic E-state index is 6.21. The molecule has 0 saturated heterocycles. The molecule has 0 amide bonds. The van der Waals surface area contributed by atoms with Gasteiger partial charge < -0.3 is 4.74 Å². The predicted molar refractivity (Wildman–Crippen MR) is 119 cm³/mol. The zero-order chi connectivity index (χ0) is 17.4. The van der Waals surface area contributed by atoms with E-state index in [4.69, 9.17) is 9.73 Å². The number of ether oxygens (including phenoxy) is 1. The number of benzene rings is 3. The first-order valence-corrected chi connectivity index (χ1v) is 10.1. The van der Waals surface area contributed by atoms with Crippen LogP contribution in [0.1, 0.15) is 16.7 Å². The van der Waals surface area contributed by atoms with Gasteiger partial charge in [0.1, 0.15) is 0 Å². The van der Waals surface area contributed by atoms with E-state index in [0.717, 1.165) is 28.1 Å². The number of para-hydroxylation sites is 1. The smallest absolute Gasteiger partial charge is 0.162 e. The van der Waals surface area contributed by atoms with Gasteiger partial charge in [-0.2, -0.15) is 0 Å². The fourth-order valence-electron chi connectivity index (χ4n) is 3.37. The third-order valence-electron chi connectivity index (χ3n) is 4.52. The van der Waals surface area contributed by atoms with Crippen molar-refractivity contribution in [2.75, 3.05) is 7.11 Å². The van der Waals surface area contributed by atoms with Crippen LogP contribution in [0.4, 0.5) is 5.69 Å². The molecule has 0 aromatic heterocycles. The summed E-state index contributed by atoms with van der Waals surface area (Å²) in [5, 5.41) is 0. The van der Waals surface area contributed by atoms with E-state index >= 15 is 0 Å². The molecule has 0 radical (unpaired) electrons. The van der Waals surface area contributed by atoms with Gasteiger partial charge >= 0.3 is 0 Å². The molecule has 2 nitrogen and oxygen atoms in total. The first kappa shape index (κ1) is 17.2. The number of methoxy groups -OCH3 is 1. The van der Waals surface area contributed by atoms with Crippen molar-refractivity contribution < 1.29 is 4.74 Å². The Morgan fingerprint density at radius 2 is 1.40 bits per heavy atom. The summed E-state index contributed by atoms with van der Waals surface area (Å²) in [5.41, 5.74) is 4.49. The lowest BCUT2D eigenvalue weighted by Gasteiger charge is -2.31. The summed E-state index contributed by atoms with van der Waals surface area (Å²) < 4.78 is 8.62. The molecule has 1 aliphatic heterocycles. The minimum Gasteiger partial charge on any atom is -0.362 e. The number of rotatable bonds is 3. The van der Waals surface area contributed by atoms with Crippen LogP contribution in [0.2, 0.25) is 0 Å². The zero-order valence-electron chi connectivity index (χ0n) is 13.5. The van der Waals surface area contributed by atoms with E-state index in [9.17, 15) is 0 Å². The molecule has 4 rings (SSSR count). The fraction of sp³-hybridized carbons (Fsp3) is 0.0952. The van der Waals surface area contributed by atoms with Crippen LogP contribution in [0.15, 0.2) is 77.8 Å². The summed E-state index contributed by atoms with van der Waals surface area (Å²) in [6.45, 7) is 0. The molecular formula is C21H15I2NO. The number of hydrogen-bond acceptors (Lipinski definition) is 2. The van der Waals surface area contributed by atoms with Crippen LogP contribution in [-0.2, 0) is 10.3 Å². The SMILES string of the molecule is COC1(c2ccc(I)cc2)C(c2ccc(I)cc2)=Nc2ccccc21. The van der Waals surface area contributed by atoms with E-state index in [1.165, 1.54) is 7.14 Å². The third-order valence-corrected chi connectivity index (χ3v) is 5.96. The van der Waals surface area contributed by atoms with Crippen LogP contribution in [0.5, 0.6) is 0 Å². The zero-order valence-corrected chi connectivity index (χ0v) is 17.9. The van der Waals surface area contributed by atoms with Crippen molar-refractivity contribution in [1.82, 2.24) is 0 Å². The topological polar surface area (TPSA) is 21.6 Å². The Bertz CT molecular complexity index is 948. The molecule has 1 unspecified atom stereocenters. The van der Waals surface area contributed by atoms with E-state index in [1.54, 1.807) is 7.11 Å². The van der Waals surface area contributed by atoms with Crippen molar-refractivity contribution in [3.63, 3.8) is 0 Å². The standard InChI is InChI=1S/C21H15I2NO/c1-25-21(15-8-12-17(23)13-9-15)18-4-2-3-5-19(18)24-20(21)14-6-10-16(22)11-7-14/h2-13H,1H3. The lowest BCUT2D eigenvalue weighted by atomic mass is 9.81. The molecule has 124 valence electrons. The molecule has 1 atom stereocenters. The number of fused-ring (bicyclic) bond motifs is 1. The Morgan fingerprint density at radius 1 is 0.800 bits per heavy atom. The third kappa shape index (κ3) is 2.84. The van der Waals surface area contributed by atoms with Crippen molar-refractivity contribution in [3.8, 4) is 0 Å². The number of aliphatic imine (C=N–C) groups is 1. The molecule has 1 heterocycles. The van der Waals surface area contributed by atoms with Crippen LogP contribution >= 0.6 is 45.2 Å². The van der Waals surface area contributed by atoms with Gasteiger partial charge in [0.25, 0.3) is 0 Å². The molecule has 25 heavy (non-hydrogen) atoms. The second kappa shape index (κ2) is 6.81. The lowest BCUT2D eigenvalue weighted by Crippen LogP contribution is -2.37. The Balaban J connectivity index is 1.98. The monoisotopic (exact) mass is 551 g/mol. The van der Waals surface area contributed by atoms with Gasteiger partial charge in [0.05, 0.1) is 11.4 Å². The molecule has 0 saturated carbocycles. The van der Waals surface area contributed by atoms with E-state index in [2.05, 4.69) is 106 Å². The van der Waals surface area contributed by atoms with Crippen LogP contribution in [0.25, 0.3) is 0 Å². The van der Waals surface area contributed by atoms with Gasteiger partial charge in [-0.1, -0.05) is 42.5 Å². The first-order valence-electron chi connectivity index (χ1n) is 7.91. The van der Waals surface area contributed by atoms with Crippen molar-refractivity contribution in [1.29, 1.82) is 0 Å². The van der Waals surface area contributed by atoms with Gasteiger partial charge in [-0.25, -0.2) is 4.99 Å².